The number of nitro groups is 1. The molecule has 6 heteroatoms. The smallest absolute Gasteiger partial charge is 0.269 e. The van der Waals surface area contributed by atoms with Crippen LogP contribution in [-0.2, 0) is 6.54 Å². The minimum absolute atomic E-state index is 0. The SMILES string of the molecule is CC1(C)CC(NCc2cccc([N+](=O)[O-])c2)CC(C)(C)N1.Cl. The van der Waals surface area contributed by atoms with Crippen LogP contribution < -0.4 is 10.6 Å². The summed E-state index contributed by atoms with van der Waals surface area (Å²) in [5, 5.41) is 18.0. The highest BCUT2D eigenvalue weighted by molar-refractivity contribution is 5.85. The number of rotatable bonds is 4. The Balaban J connectivity index is 0.00000242. The lowest BCUT2D eigenvalue weighted by molar-refractivity contribution is -0.384. The zero-order valence-electron chi connectivity index (χ0n) is 13.7. The van der Waals surface area contributed by atoms with Gasteiger partial charge in [-0.3, -0.25) is 10.1 Å². The van der Waals surface area contributed by atoms with E-state index in [-0.39, 0.29) is 34.1 Å². The van der Waals surface area contributed by atoms with E-state index in [4.69, 9.17) is 0 Å². The topological polar surface area (TPSA) is 67.2 Å². The maximum absolute atomic E-state index is 10.8. The van der Waals surface area contributed by atoms with Crippen molar-refractivity contribution in [3.05, 3.63) is 39.9 Å². The number of benzene rings is 1. The second kappa shape index (κ2) is 6.94. The highest BCUT2D eigenvalue weighted by Crippen LogP contribution is 2.28. The maximum atomic E-state index is 10.8. The van der Waals surface area contributed by atoms with Crippen LogP contribution in [0.3, 0.4) is 0 Å². The molecule has 1 aromatic carbocycles. The number of piperidine rings is 1. The van der Waals surface area contributed by atoms with Crippen LogP contribution in [0.2, 0.25) is 0 Å². The molecule has 0 aliphatic carbocycles. The normalized spacial score (nSPS) is 20.2. The largest absolute Gasteiger partial charge is 0.310 e. The van der Waals surface area contributed by atoms with Gasteiger partial charge in [0.1, 0.15) is 0 Å². The Morgan fingerprint density at radius 3 is 2.41 bits per heavy atom. The number of non-ortho nitro benzene ring substituents is 1. The summed E-state index contributed by atoms with van der Waals surface area (Å²) in [5.41, 5.74) is 1.31. The molecule has 1 aromatic rings. The van der Waals surface area contributed by atoms with E-state index in [9.17, 15) is 10.1 Å². The van der Waals surface area contributed by atoms with E-state index >= 15 is 0 Å². The molecule has 0 radical (unpaired) electrons. The molecule has 0 amide bonds. The van der Waals surface area contributed by atoms with Gasteiger partial charge in [-0.05, 0) is 46.1 Å². The summed E-state index contributed by atoms with van der Waals surface area (Å²) in [7, 11) is 0. The molecule has 2 rings (SSSR count). The molecule has 1 aliphatic heterocycles. The van der Waals surface area contributed by atoms with Crippen LogP contribution in [0.4, 0.5) is 5.69 Å². The number of hydrogen-bond acceptors (Lipinski definition) is 4. The van der Waals surface area contributed by atoms with Crippen LogP contribution in [0.25, 0.3) is 0 Å². The second-order valence-corrected chi connectivity index (χ2v) is 7.31. The minimum atomic E-state index is -0.347. The molecule has 0 spiro atoms. The summed E-state index contributed by atoms with van der Waals surface area (Å²) in [6.45, 7) is 9.54. The second-order valence-electron chi connectivity index (χ2n) is 7.31. The van der Waals surface area contributed by atoms with Gasteiger partial charge in [-0.2, -0.15) is 0 Å². The molecule has 1 fully saturated rings. The van der Waals surface area contributed by atoms with E-state index in [0.29, 0.717) is 12.6 Å². The fraction of sp³-hybridized carbons (Fsp3) is 0.625. The number of nitrogens with zero attached hydrogens (tertiary/aromatic N) is 1. The van der Waals surface area contributed by atoms with Gasteiger partial charge in [0, 0.05) is 35.8 Å². The molecule has 1 aliphatic rings. The van der Waals surface area contributed by atoms with Gasteiger partial charge in [0.2, 0.25) is 0 Å². The predicted octanol–water partition coefficient (Wildman–Crippen LogP) is 3.42. The van der Waals surface area contributed by atoms with Gasteiger partial charge in [-0.1, -0.05) is 12.1 Å². The molecule has 124 valence electrons. The van der Waals surface area contributed by atoms with E-state index in [1.807, 2.05) is 6.07 Å². The molecule has 5 nitrogen and oxygen atoms in total. The fourth-order valence-corrected chi connectivity index (χ4v) is 3.51. The van der Waals surface area contributed by atoms with Gasteiger partial charge >= 0.3 is 0 Å². The summed E-state index contributed by atoms with van der Waals surface area (Å²) < 4.78 is 0. The van der Waals surface area contributed by atoms with Crippen molar-refractivity contribution in [1.29, 1.82) is 0 Å². The van der Waals surface area contributed by atoms with Crippen LogP contribution in [0.1, 0.15) is 46.1 Å². The van der Waals surface area contributed by atoms with Crippen LogP contribution in [0.15, 0.2) is 24.3 Å². The number of hydrogen-bond donors (Lipinski definition) is 2. The van der Waals surface area contributed by atoms with Crippen molar-refractivity contribution in [2.24, 2.45) is 0 Å². The standard InChI is InChI=1S/C16H25N3O2.ClH/c1-15(2)9-13(10-16(3,4)18-15)17-11-12-6-5-7-14(8-12)19(20)21;/h5-8,13,17-18H,9-11H2,1-4H3;1H. The van der Waals surface area contributed by atoms with Gasteiger partial charge in [-0.25, -0.2) is 0 Å². The summed E-state index contributed by atoms with van der Waals surface area (Å²) >= 11 is 0. The van der Waals surface area contributed by atoms with Crippen LogP contribution >= 0.6 is 12.4 Å². The molecule has 1 saturated heterocycles. The van der Waals surface area contributed by atoms with Crippen molar-refractivity contribution in [3.63, 3.8) is 0 Å². The minimum Gasteiger partial charge on any atom is -0.310 e. The molecule has 2 N–H and O–H groups in total. The zero-order chi connectivity index (χ0) is 15.7. The fourth-order valence-electron chi connectivity index (χ4n) is 3.51. The summed E-state index contributed by atoms with van der Waals surface area (Å²) in [4.78, 5) is 10.5. The molecule has 0 saturated carbocycles. The molecule has 0 aromatic heterocycles. The molecule has 0 atom stereocenters. The van der Waals surface area contributed by atoms with Crippen molar-refractivity contribution in [2.75, 3.05) is 0 Å². The Morgan fingerprint density at radius 1 is 1.27 bits per heavy atom. The van der Waals surface area contributed by atoms with E-state index < -0.39 is 0 Å². The first kappa shape index (κ1) is 18.9. The van der Waals surface area contributed by atoms with Gasteiger partial charge in [0.25, 0.3) is 5.69 Å². The Hall–Kier alpha value is -1.17. The highest BCUT2D eigenvalue weighted by Gasteiger charge is 2.37. The van der Waals surface area contributed by atoms with E-state index in [0.717, 1.165) is 18.4 Å². The van der Waals surface area contributed by atoms with Crippen LogP contribution in [0, 0.1) is 10.1 Å². The Kier molecular flexibility index (Phi) is 5.96. The third-order valence-electron chi connectivity index (χ3n) is 3.91. The lowest BCUT2D eigenvalue weighted by Crippen LogP contribution is -2.61. The first-order valence-corrected chi connectivity index (χ1v) is 7.43. The summed E-state index contributed by atoms with van der Waals surface area (Å²) in [6, 6.07) is 7.25. The van der Waals surface area contributed by atoms with Crippen LogP contribution in [0.5, 0.6) is 0 Å². The first-order valence-electron chi connectivity index (χ1n) is 7.43. The molecular formula is C16H26ClN3O2. The van der Waals surface area contributed by atoms with Crippen molar-refractivity contribution < 1.29 is 4.92 Å². The van der Waals surface area contributed by atoms with Gasteiger partial charge < -0.3 is 10.6 Å². The predicted molar refractivity (Wildman–Crippen MR) is 91.5 cm³/mol. The Morgan fingerprint density at radius 2 is 1.86 bits per heavy atom. The zero-order valence-corrected chi connectivity index (χ0v) is 14.5. The lowest BCUT2D eigenvalue weighted by Gasteiger charge is -2.46. The number of nitrogens with one attached hydrogen (secondary N) is 2. The van der Waals surface area contributed by atoms with Gasteiger partial charge in [0.05, 0.1) is 4.92 Å². The number of halogens is 1. The Labute approximate surface area is 138 Å². The third kappa shape index (κ3) is 5.23. The molecule has 0 bridgehead atoms. The third-order valence-corrected chi connectivity index (χ3v) is 3.91. The average molecular weight is 328 g/mol. The van der Waals surface area contributed by atoms with Crippen molar-refractivity contribution in [3.8, 4) is 0 Å². The summed E-state index contributed by atoms with van der Waals surface area (Å²) in [5.74, 6) is 0. The molecule has 0 unspecified atom stereocenters. The van der Waals surface area contributed by atoms with Gasteiger partial charge in [-0.15, -0.1) is 12.4 Å². The number of nitro benzene ring substituents is 1. The molecule has 1 heterocycles. The summed E-state index contributed by atoms with van der Waals surface area (Å²) in [6.07, 6.45) is 2.09. The van der Waals surface area contributed by atoms with Gasteiger partial charge in [0.15, 0.2) is 0 Å². The maximum Gasteiger partial charge on any atom is 0.269 e. The molecular weight excluding hydrogens is 302 g/mol. The first-order chi connectivity index (χ1) is 9.67. The van der Waals surface area contributed by atoms with Crippen LogP contribution in [-0.4, -0.2) is 22.0 Å². The lowest BCUT2D eigenvalue weighted by atomic mass is 9.79. The monoisotopic (exact) mass is 327 g/mol. The van der Waals surface area contributed by atoms with Crippen molar-refractivity contribution >= 4 is 18.1 Å². The van der Waals surface area contributed by atoms with E-state index in [1.165, 1.54) is 6.07 Å². The van der Waals surface area contributed by atoms with Crippen molar-refractivity contribution in [2.45, 2.75) is 64.2 Å². The Bertz CT molecular complexity index is 516. The van der Waals surface area contributed by atoms with E-state index in [1.54, 1.807) is 12.1 Å². The highest BCUT2D eigenvalue weighted by atomic mass is 35.5. The average Bonchev–Trinajstić information content (AvgIpc) is 2.33. The van der Waals surface area contributed by atoms with E-state index in [2.05, 4.69) is 38.3 Å². The van der Waals surface area contributed by atoms with Crippen molar-refractivity contribution in [1.82, 2.24) is 10.6 Å². The quantitative estimate of drug-likeness (QED) is 0.657. The molecule has 22 heavy (non-hydrogen) atoms.